The maximum absolute atomic E-state index is 12.5. The number of rotatable bonds is 7. The monoisotopic (exact) mass is 527 g/mol. The van der Waals surface area contributed by atoms with Crippen molar-refractivity contribution >= 4 is 29.9 Å². The molecular weight excluding hydrogens is 498 g/mol. The van der Waals surface area contributed by atoms with E-state index >= 15 is 0 Å². The molecule has 0 atom stereocenters. The quantitative estimate of drug-likeness (QED) is 0.188. The maximum Gasteiger partial charge on any atom is 0.417 e. The van der Waals surface area contributed by atoms with E-state index in [-0.39, 0.29) is 36.5 Å². The van der Waals surface area contributed by atoms with Gasteiger partial charge < -0.3 is 15.4 Å². The van der Waals surface area contributed by atoms with Crippen molar-refractivity contribution in [3.05, 3.63) is 36.0 Å². The molecule has 29 heavy (non-hydrogen) atoms. The van der Waals surface area contributed by atoms with E-state index in [1.807, 2.05) is 6.92 Å². The van der Waals surface area contributed by atoms with Crippen LogP contribution in [0.15, 0.2) is 35.5 Å². The van der Waals surface area contributed by atoms with Crippen LogP contribution >= 0.6 is 24.0 Å². The number of piperidine rings is 1. The number of alkyl halides is 3. The molecule has 1 fully saturated rings. The average Bonchev–Trinajstić information content (AvgIpc) is 2.65. The lowest BCUT2D eigenvalue weighted by molar-refractivity contribution is -0.137. The van der Waals surface area contributed by atoms with Crippen LogP contribution in [-0.4, -0.2) is 61.7 Å². The third-order valence-corrected chi connectivity index (χ3v) is 4.35. The molecule has 0 unspecified atom stereocenters. The van der Waals surface area contributed by atoms with E-state index in [1.165, 1.54) is 11.6 Å². The second kappa shape index (κ2) is 12.2. The predicted octanol–water partition coefficient (Wildman–Crippen LogP) is 3.30. The molecular formula is C19H29F3IN5O. The van der Waals surface area contributed by atoms with Gasteiger partial charge in [0.2, 0.25) is 5.88 Å². The number of pyridine rings is 1. The standard InChI is InChI=1S/C19H28F3N5O.HI/c1-14(2)13-27-9-6-16(7-10-27)26-18(23-3)24-8-11-28-17-5-4-15(12-25-17)19(20,21)22;/h4-5,12,16H,1,6-11,13H2,2-3H3,(H2,23,24,26);1H. The van der Waals surface area contributed by atoms with Gasteiger partial charge in [0.25, 0.3) is 0 Å². The van der Waals surface area contributed by atoms with Crippen LogP contribution in [0, 0.1) is 0 Å². The zero-order chi connectivity index (χ0) is 20.6. The number of nitrogens with zero attached hydrogens (tertiary/aromatic N) is 3. The topological polar surface area (TPSA) is 61.8 Å². The van der Waals surface area contributed by atoms with Gasteiger partial charge in [-0.3, -0.25) is 9.89 Å². The molecule has 0 saturated carbocycles. The van der Waals surface area contributed by atoms with Crippen LogP contribution in [0.3, 0.4) is 0 Å². The Labute approximate surface area is 187 Å². The molecule has 0 aromatic carbocycles. The molecule has 0 aliphatic carbocycles. The number of aliphatic imine (C=N–C) groups is 1. The van der Waals surface area contributed by atoms with E-state index in [2.05, 4.69) is 32.1 Å². The lowest BCUT2D eigenvalue weighted by Crippen LogP contribution is -2.49. The number of halogens is 4. The highest BCUT2D eigenvalue weighted by molar-refractivity contribution is 14.0. The van der Waals surface area contributed by atoms with Crippen molar-refractivity contribution in [1.29, 1.82) is 0 Å². The van der Waals surface area contributed by atoms with Crippen molar-refractivity contribution in [2.24, 2.45) is 4.99 Å². The molecule has 1 aromatic heterocycles. The normalized spacial score (nSPS) is 16.1. The van der Waals surface area contributed by atoms with E-state index in [0.717, 1.165) is 44.7 Å². The van der Waals surface area contributed by atoms with Crippen LogP contribution in [0.4, 0.5) is 13.2 Å². The molecule has 1 aliphatic heterocycles. The van der Waals surface area contributed by atoms with Crippen molar-refractivity contribution in [2.45, 2.75) is 32.0 Å². The Morgan fingerprint density at radius 3 is 2.55 bits per heavy atom. The highest BCUT2D eigenvalue weighted by atomic mass is 127. The van der Waals surface area contributed by atoms with Gasteiger partial charge in [0, 0.05) is 45.0 Å². The SMILES string of the molecule is C=C(C)CN1CCC(NC(=NC)NCCOc2ccc(C(F)(F)F)cn2)CC1.I. The Bertz CT molecular complexity index is 659. The Balaban J connectivity index is 0.00000420. The first-order chi connectivity index (χ1) is 13.3. The lowest BCUT2D eigenvalue weighted by Gasteiger charge is -2.33. The number of hydrogen-bond acceptors (Lipinski definition) is 4. The summed E-state index contributed by atoms with van der Waals surface area (Å²) in [6.45, 7) is 9.69. The molecule has 6 nitrogen and oxygen atoms in total. The second-order valence-corrected chi connectivity index (χ2v) is 6.88. The van der Waals surface area contributed by atoms with E-state index in [9.17, 15) is 13.2 Å². The van der Waals surface area contributed by atoms with Crippen LogP contribution in [0.25, 0.3) is 0 Å². The summed E-state index contributed by atoms with van der Waals surface area (Å²) in [5, 5.41) is 6.54. The molecule has 164 valence electrons. The van der Waals surface area contributed by atoms with Gasteiger partial charge in [-0.25, -0.2) is 4.98 Å². The molecule has 1 aliphatic rings. The van der Waals surface area contributed by atoms with Gasteiger partial charge in [0.05, 0.1) is 12.1 Å². The summed E-state index contributed by atoms with van der Waals surface area (Å²) in [6, 6.07) is 2.52. The molecule has 10 heteroatoms. The molecule has 0 radical (unpaired) electrons. The largest absolute Gasteiger partial charge is 0.476 e. The summed E-state index contributed by atoms with van der Waals surface area (Å²) in [5.41, 5.74) is 0.378. The summed E-state index contributed by atoms with van der Waals surface area (Å²) >= 11 is 0. The Hall–Kier alpha value is -1.56. The highest BCUT2D eigenvalue weighted by Gasteiger charge is 2.30. The van der Waals surface area contributed by atoms with E-state index < -0.39 is 11.7 Å². The summed E-state index contributed by atoms with van der Waals surface area (Å²) in [7, 11) is 1.70. The summed E-state index contributed by atoms with van der Waals surface area (Å²) in [4.78, 5) is 10.3. The number of ether oxygens (including phenoxy) is 1. The van der Waals surface area contributed by atoms with Crippen LogP contribution in [0.5, 0.6) is 5.88 Å². The molecule has 0 spiro atoms. The number of guanidine groups is 1. The average molecular weight is 527 g/mol. The molecule has 1 aromatic rings. The van der Waals surface area contributed by atoms with Crippen molar-refractivity contribution in [2.75, 3.05) is 39.8 Å². The first-order valence-electron chi connectivity index (χ1n) is 9.28. The van der Waals surface area contributed by atoms with E-state index in [4.69, 9.17) is 4.74 Å². The summed E-state index contributed by atoms with van der Waals surface area (Å²) in [6.07, 6.45) is -1.57. The maximum atomic E-state index is 12.5. The number of nitrogens with one attached hydrogen (secondary N) is 2. The molecule has 1 saturated heterocycles. The van der Waals surface area contributed by atoms with Crippen LogP contribution in [0.1, 0.15) is 25.3 Å². The minimum atomic E-state index is -4.40. The van der Waals surface area contributed by atoms with Crippen LogP contribution in [-0.2, 0) is 6.18 Å². The van der Waals surface area contributed by atoms with Gasteiger partial charge in [-0.05, 0) is 25.8 Å². The van der Waals surface area contributed by atoms with Gasteiger partial charge in [-0.2, -0.15) is 13.2 Å². The Morgan fingerprint density at radius 1 is 1.34 bits per heavy atom. The second-order valence-electron chi connectivity index (χ2n) is 6.88. The van der Waals surface area contributed by atoms with Gasteiger partial charge in [-0.1, -0.05) is 12.2 Å². The Morgan fingerprint density at radius 2 is 2.03 bits per heavy atom. The van der Waals surface area contributed by atoms with Gasteiger partial charge in [0.1, 0.15) is 6.61 Å². The fourth-order valence-corrected chi connectivity index (χ4v) is 2.96. The van der Waals surface area contributed by atoms with Gasteiger partial charge in [-0.15, -0.1) is 24.0 Å². The zero-order valence-corrected chi connectivity index (χ0v) is 19.1. The fourth-order valence-electron chi connectivity index (χ4n) is 2.96. The minimum absolute atomic E-state index is 0. The van der Waals surface area contributed by atoms with E-state index in [0.29, 0.717) is 18.5 Å². The first-order valence-corrected chi connectivity index (χ1v) is 9.28. The van der Waals surface area contributed by atoms with Gasteiger partial charge in [0.15, 0.2) is 5.96 Å². The number of aromatic nitrogens is 1. The van der Waals surface area contributed by atoms with Crippen molar-refractivity contribution in [1.82, 2.24) is 20.5 Å². The number of likely N-dealkylation sites (tertiary alicyclic amines) is 1. The molecule has 2 rings (SSSR count). The smallest absolute Gasteiger partial charge is 0.417 e. The van der Waals surface area contributed by atoms with Crippen molar-refractivity contribution in [3.8, 4) is 5.88 Å². The number of hydrogen-bond donors (Lipinski definition) is 2. The highest BCUT2D eigenvalue weighted by Crippen LogP contribution is 2.29. The minimum Gasteiger partial charge on any atom is -0.476 e. The zero-order valence-electron chi connectivity index (χ0n) is 16.8. The van der Waals surface area contributed by atoms with Crippen LogP contribution in [0.2, 0.25) is 0 Å². The van der Waals surface area contributed by atoms with Crippen molar-refractivity contribution < 1.29 is 17.9 Å². The predicted molar refractivity (Wildman–Crippen MR) is 119 cm³/mol. The van der Waals surface area contributed by atoms with E-state index in [1.54, 1.807) is 7.05 Å². The van der Waals surface area contributed by atoms with Crippen molar-refractivity contribution in [3.63, 3.8) is 0 Å². The molecule has 2 N–H and O–H groups in total. The fraction of sp³-hybridized carbons (Fsp3) is 0.579. The third-order valence-electron chi connectivity index (χ3n) is 4.35. The molecule has 0 amide bonds. The summed E-state index contributed by atoms with van der Waals surface area (Å²) < 4.78 is 42.9. The molecule has 0 bridgehead atoms. The van der Waals surface area contributed by atoms with Crippen LogP contribution < -0.4 is 15.4 Å². The third kappa shape index (κ3) is 9.20. The summed E-state index contributed by atoms with van der Waals surface area (Å²) in [5.74, 6) is 0.838. The lowest BCUT2D eigenvalue weighted by atomic mass is 10.0. The first kappa shape index (κ1) is 25.5. The Kier molecular flexibility index (Phi) is 10.7. The molecule has 2 heterocycles. The van der Waals surface area contributed by atoms with Gasteiger partial charge >= 0.3 is 6.18 Å².